The van der Waals surface area contributed by atoms with E-state index in [4.69, 9.17) is 4.74 Å². The van der Waals surface area contributed by atoms with Gasteiger partial charge in [-0.15, -0.1) is 0 Å². The van der Waals surface area contributed by atoms with Crippen LogP contribution < -0.4 is 10.1 Å². The number of nitrogens with zero attached hydrogens (tertiary/aromatic N) is 3. The Bertz CT molecular complexity index is 474. The summed E-state index contributed by atoms with van der Waals surface area (Å²) < 4.78 is 5.67. The van der Waals surface area contributed by atoms with Crippen LogP contribution in [0.25, 0.3) is 0 Å². The number of carbonyl (C=O) groups excluding carboxylic acids is 1. The second-order valence-electron chi connectivity index (χ2n) is 5.04. The summed E-state index contributed by atoms with van der Waals surface area (Å²) in [7, 11) is 5.38. The number of aliphatic imine (C=N–C) groups is 1. The maximum absolute atomic E-state index is 11.6. The molecule has 0 atom stereocenters. The fraction of sp³-hybridized carbons (Fsp3) is 0.500. The van der Waals surface area contributed by atoms with Gasteiger partial charge < -0.3 is 19.9 Å². The predicted molar refractivity (Wildman–Crippen MR) is 89.2 cm³/mol. The topological polar surface area (TPSA) is 57.2 Å². The molecule has 0 spiro atoms. The van der Waals surface area contributed by atoms with Gasteiger partial charge in [0.15, 0.2) is 5.96 Å². The average Bonchev–Trinajstić information content (AvgIpc) is 2.51. The largest absolute Gasteiger partial charge is 0.492 e. The van der Waals surface area contributed by atoms with Gasteiger partial charge in [-0.25, -0.2) is 4.99 Å². The smallest absolute Gasteiger partial charge is 0.243 e. The van der Waals surface area contributed by atoms with E-state index in [2.05, 4.69) is 10.3 Å². The summed E-state index contributed by atoms with van der Waals surface area (Å²) in [5, 5.41) is 3.17. The number of hydrogen-bond acceptors (Lipinski definition) is 3. The average molecular weight is 306 g/mol. The van der Waals surface area contributed by atoms with Gasteiger partial charge in [-0.1, -0.05) is 18.2 Å². The highest BCUT2D eigenvalue weighted by Gasteiger charge is 2.08. The Morgan fingerprint density at radius 2 is 1.91 bits per heavy atom. The minimum absolute atomic E-state index is 0.0238. The van der Waals surface area contributed by atoms with Crippen molar-refractivity contribution in [3.05, 3.63) is 30.3 Å². The van der Waals surface area contributed by atoms with Gasteiger partial charge in [0.1, 0.15) is 18.9 Å². The molecule has 6 heteroatoms. The predicted octanol–water partition coefficient (Wildman–Crippen LogP) is 1.05. The van der Waals surface area contributed by atoms with E-state index < -0.39 is 0 Å². The molecule has 0 aliphatic carbocycles. The zero-order chi connectivity index (χ0) is 16.4. The quantitative estimate of drug-likeness (QED) is 0.604. The van der Waals surface area contributed by atoms with Gasteiger partial charge in [0, 0.05) is 27.7 Å². The third-order valence-electron chi connectivity index (χ3n) is 3.00. The Labute approximate surface area is 132 Å². The van der Waals surface area contributed by atoms with Crippen molar-refractivity contribution in [2.24, 2.45) is 4.99 Å². The molecule has 1 rings (SSSR count). The molecule has 1 N–H and O–H groups in total. The molecule has 0 fully saturated rings. The molecular formula is C16H26N4O2. The zero-order valence-corrected chi connectivity index (χ0v) is 13.9. The third-order valence-corrected chi connectivity index (χ3v) is 3.00. The van der Waals surface area contributed by atoms with Crippen LogP contribution in [0.15, 0.2) is 35.3 Å². The number of guanidine groups is 1. The van der Waals surface area contributed by atoms with Gasteiger partial charge >= 0.3 is 0 Å². The Kier molecular flexibility index (Phi) is 7.81. The van der Waals surface area contributed by atoms with E-state index in [9.17, 15) is 4.79 Å². The van der Waals surface area contributed by atoms with Crippen LogP contribution in [0.4, 0.5) is 0 Å². The first-order valence-corrected chi connectivity index (χ1v) is 7.42. The lowest BCUT2D eigenvalue weighted by molar-refractivity contribution is -0.127. The second kappa shape index (κ2) is 9.65. The molecule has 0 heterocycles. The maximum atomic E-state index is 11.6. The van der Waals surface area contributed by atoms with Gasteiger partial charge in [0.25, 0.3) is 0 Å². The van der Waals surface area contributed by atoms with E-state index >= 15 is 0 Å². The van der Waals surface area contributed by atoms with E-state index in [0.717, 1.165) is 12.3 Å². The first kappa shape index (κ1) is 17.8. The fourth-order valence-corrected chi connectivity index (χ4v) is 1.68. The van der Waals surface area contributed by atoms with Crippen LogP contribution in [-0.2, 0) is 4.79 Å². The van der Waals surface area contributed by atoms with Gasteiger partial charge in [0.05, 0.1) is 6.54 Å². The van der Waals surface area contributed by atoms with Crippen LogP contribution in [0, 0.1) is 0 Å². The molecule has 1 aromatic rings. The highest BCUT2D eigenvalue weighted by molar-refractivity contribution is 5.84. The Hall–Kier alpha value is -2.24. The summed E-state index contributed by atoms with van der Waals surface area (Å²) in [6.45, 7) is 4.11. The maximum Gasteiger partial charge on any atom is 0.243 e. The van der Waals surface area contributed by atoms with Crippen molar-refractivity contribution in [2.75, 3.05) is 47.4 Å². The summed E-state index contributed by atoms with van der Waals surface area (Å²) in [5.41, 5.74) is 0. The molecule has 22 heavy (non-hydrogen) atoms. The summed E-state index contributed by atoms with van der Waals surface area (Å²) in [6, 6.07) is 9.69. The number of nitrogens with one attached hydrogen (secondary N) is 1. The van der Waals surface area contributed by atoms with Crippen molar-refractivity contribution in [1.29, 1.82) is 0 Å². The fourth-order valence-electron chi connectivity index (χ4n) is 1.68. The Morgan fingerprint density at radius 3 is 2.50 bits per heavy atom. The number of likely N-dealkylation sites (N-methyl/N-ethyl adjacent to an activating group) is 2. The molecule has 0 saturated heterocycles. The third kappa shape index (κ3) is 6.47. The number of amides is 1. The molecule has 122 valence electrons. The lowest BCUT2D eigenvalue weighted by atomic mass is 10.3. The highest BCUT2D eigenvalue weighted by atomic mass is 16.5. The molecule has 0 bridgehead atoms. The number of ether oxygens (including phenoxy) is 1. The Morgan fingerprint density at radius 1 is 1.23 bits per heavy atom. The van der Waals surface area contributed by atoms with Crippen LogP contribution >= 0.6 is 0 Å². The molecule has 0 aromatic heterocycles. The first-order valence-electron chi connectivity index (χ1n) is 7.42. The van der Waals surface area contributed by atoms with Crippen LogP contribution in [-0.4, -0.2) is 69.1 Å². The van der Waals surface area contributed by atoms with Crippen molar-refractivity contribution < 1.29 is 9.53 Å². The van der Waals surface area contributed by atoms with E-state index in [1.807, 2.05) is 49.2 Å². The summed E-state index contributed by atoms with van der Waals surface area (Å²) >= 11 is 0. The van der Waals surface area contributed by atoms with Crippen LogP contribution in [0.2, 0.25) is 0 Å². The molecule has 1 amide bonds. The van der Waals surface area contributed by atoms with Gasteiger partial charge in [-0.3, -0.25) is 4.79 Å². The molecule has 1 aromatic carbocycles. The molecule has 0 unspecified atom stereocenters. The number of carbonyl (C=O) groups is 1. The van der Waals surface area contributed by atoms with Crippen LogP contribution in [0.3, 0.4) is 0 Å². The van der Waals surface area contributed by atoms with Crippen molar-refractivity contribution >= 4 is 11.9 Å². The Balaban J connectivity index is 2.48. The van der Waals surface area contributed by atoms with Gasteiger partial charge in [0.2, 0.25) is 5.91 Å². The molecule has 0 radical (unpaired) electrons. The molecular weight excluding hydrogens is 280 g/mol. The molecule has 0 saturated carbocycles. The summed E-state index contributed by atoms with van der Waals surface area (Å²) in [6.07, 6.45) is 0. The number of benzene rings is 1. The minimum atomic E-state index is -0.0238. The van der Waals surface area contributed by atoms with Gasteiger partial charge in [-0.05, 0) is 19.1 Å². The van der Waals surface area contributed by atoms with E-state index in [1.165, 1.54) is 4.90 Å². The van der Waals surface area contributed by atoms with Gasteiger partial charge in [-0.2, -0.15) is 0 Å². The second-order valence-corrected chi connectivity index (χ2v) is 5.04. The van der Waals surface area contributed by atoms with E-state index in [0.29, 0.717) is 19.1 Å². The lowest BCUT2D eigenvalue weighted by Gasteiger charge is -2.22. The van der Waals surface area contributed by atoms with Crippen LogP contribution in [0.1, 0.15) is 6.92 Å². The molecule has 0 aliphatic heterocycles. The van der Waals surface area contributed by atoms with Crippen LogP contribution in [0.5, 0.6) is 5.75 Å². The monoisotopic (exact) mass is 306 g/mol. The molecule has 0 aliphatic rings. The van der Waals surface area contributed by atoms with E-state index in [1.54, 1.807) is 14.1 Å². The summed E-state index contributed by atoms with van der Waals surface area (Å²) in [4.78, 5) is 19.5. The number of hydrogen-bond donors (Lipinski definition) is 1. The summed E-state index contributed by atoms with van der Waals surface area (Å²) in [5.74, 6) is 1.53. The first-order chi connectivity index (χ1) is 10.5. The standard InChI is InChI=1S/C16H26N4O2/c1-5-17-16(18-13-15(21)19(2)3)20(4)11-12-22-14-9-7-6-8-10-14/h6-10H,5,11-13H2,1-4H3,(H,17,18). The molecule has 6 nitrogen and oxygen atoms in total. The van der Waals surface area contributed by atoms with Crippen molar-refractivity contribution in [3.63, 3.8) is 0 Å². The normalized spacial score (nSPS) is 11.0. The van der Waals surface area contributed by atoms with E-state index in [-0.39, 0.29) is 12.5 Å². The van der Waals surface area contributed by atoms with Crippen molar-refractivity contribution in [1.82, 2.24) is 15.1 Å². The number of para-hydroxylation sites is 1. The van der Waals surface area contributed by atoms with Crippen molar-refractivity contribution in [3.8, 4) is 5.75 Å². The van der Waals surface area contributed by atoms with Crippen molar-refractivity contribution in [2.45, 2.75) is 6.92 Å². The minimum Gasteiger partial charge on any atom is -0.492 e. The SMILES string of the molecule is CCNC(=NCC(=O)N(C)C)N(C)CCOc1ccccc1. The highest BCUT2D eigenvalue weighted by Crippen LogP contribution is 2.07. The zero-order valence-electron chi connectivity index (χ0n) is 13.9. The lowest BCUT2D eigenvalue weighted by Crippen LogP contribution is -2.41. The number of rotatable bonds is 7.